The summed E-state index contributed by atoms with van der Waals surface area (Å²) in [6.07, 6.45) is 1.18. The minimum absolute atomic E-state index is 0.130. The Balaban J connectivity index is 2.45. The number of benzene rings is 1. The highest BCUT2D eigenvalue weighted by Crippen LogP contribution is 2.10. The molecule has 0 heterocycles. The fraction of sp³-hybridized carbons (Fsp3) is 0.625. The van der Waals surface area contributed by atoms with Crippen molar-refractivity contribution in [3.63, 3.8) is 0 Å². The van der Waals surface area contributed by atoms with Gasteiger partial charge in [-0.25, -0.2) is 4.39 Å². The van der Waals surface area contributed by atoms with Crippen molar-refractivity contribution in [3.8, 4) is 0 Å². The molecule has 2 nitrogen and oxygen atoms in total. The fourth-order valence-corrected chi connectivity index (χ4v) is 2.22. The molecule has 0 amide bonds. The molecule has 0 aliphatic carbocycles. The van der Waals surface area contributed by atoms with Crippen LogP contribution < -0.4 is 5.32 Å². The third-order valence-corrected chi connectivity index (χ3v) is 3.41. The highest BCUT2D eigenvalue weighted by Gasteiger charge is 2.12. The molecule has 0 radical (unpaired) electrons. The summed E-state index contributed by atoms with van der Waals surface area (Å²) in [6, 6.07) is 5.85. The Hall–Kier alpha value is -0.930. The van der Waals surface area contributed by atoms with E-state index < -0.39 is 0 Å². The van der Waals surface area contributed by atoms with E-state index in [1.165, 1.54) is 6.42 Å². The van der Waals surface area contributed by atoms with E-state index in [1.807, 2.05) is 12.1 Å². The van der Waals surface area contributed by atoms with Gasteiger partial charge < -0.3 is 10.2 Å². The number of nitrogens with one attached hydrogen (secondary N) is 1. The molecule has 1 aromatic carbocycles. The van der Waals surface area contributed by atoms with Gasteiger partial charge in [-0.3, -0.25) is 0 Å². The molecule has 108 valence electrons. The van der Waals surface area contributed by atoms with Gasteiger partial charge in [-0.1, -0.05) is 26.0 Å². The van der Waals surface area contributed by atoms with E-state index in [4.69, 9.17) is 0 Å². The molecule has 3 heteroatoms. The number of nitrogens with zero attached hydrogens (tertiary/aromatic N) is 1. The topological polar surface area (TPSA) is 15.3 Å². The zero-order valence-electron chi connectivity index (χ0n) is 12.8. The highest BCUT2D eigenvalue weighted by molar-refractivity contribution is 5.23. The third-order valence-electron chi connectivity index (χ3n) is 3.41. The summed E-state index contributed by atoms with van der Waals surface area (Å²) in [5.74, 6) is 0.567. The monoisotopic (exact) mass is 266 g/mol. The van der Waals surface area contributed by atoms with Crippen molar-refractivity contribution in [2.24, 2.45) is 5.92 Å². The number of aryl methyl sites for hydroxylation is 1. The van der Waals surface area contributed by atoms with Crippen molar-refractivity contribution in [2.75, 3.05) is 20.6 Å². The van der Waals surface area contributed by atoms with E-state index in [0.717, 1.165) is 18.7 Å². The van der Waals surface area contributed by atoms with Gasteiger partial charge in [-0.2, -0.15) is 0 Å². The Morgan fingerprint density at radius 3 is 2.47 bits per heavy atom. The zero-order valence-corrected chi connectivity index (χ0v) is 12.8. The maximum Gasteiger partial charge on any atom is 0.126 e. The Bertz CT molecular complexity index is 388. The van der Waals surface area contributed by atoms with E-state index in [1.54, 1.807) is 13.0 Å². The Kier molecular flexibility index (Phi) is 6.46. The number of rotatable bonds is 7. The zero-order chi connectivity index (χ0) is 14.4. The smallest absolute Gasteiger partial charge is 0.126 e. The number of hydrogen-bond donors (Lipinski definition) is 1. The van der Waals surface area contributed by atoms with Crippen LogP contribution in [-0.2, 0) is 6.54 Å². The second-order valence-corrected chi connectivity index (χ2v) is 5.96. The SMILES string of the molecule is Cc1cc(CNCC(CC(C)C)N(C)C)ccc1F. The molecule has 1 atom stereocenters. The summed E-state index contributed by atoms with van der Waals surface area (Å²) >= 11 is 0. The fourth-order valence-electron chi connectivity index (χ4n) is 2.22. The molecule has 1 rings (SSSR count). The molecule has 1 unspecified atom stereocenters. The van der Waals surface area contributed by atoms with Gasteiger partial charge in [-0.15, -0.1) is 0 Å². The Morgan fingerprint density at radius 2 is 1.95 bits per heavy atom. The van der Waals surface area contributed by atoms with Crippen LogP contribution in [0.15, 0.2) is 18.2 Å². The molecule has 19 heavy (non-hydrogen) atoms. The molecule has 0 aliphatic rings. The third kappa shape index (κ3) is 5.70. The maximum absolute atomic E-state index is 13.2. The molecule has 0 fully saturated rings. The average Bonchev–Trinajstić information content (AvgIpc) is 2.31. The lowest BCUT2D eigenvalue weighted by Crippen LogP contribution is -2.38. The molecular weight excluding hydrogens is 239 g/mol. The van der Waals surface area contributed by atoms with Crippen molar-refractivity contribution in [2.45, 2.75) is 39.8 Å². The molecule has 0 aromatic heterocycles. The van der Waals surface area contributed by atoms with E-state index in [0.29, 0.717) is 17.5 Å². The van der Waals surface area contributed by atoms with Crippen LogP contribution in [0, 0.1) is 18.7 Å². The first-order valence-electron chi connectivity index (χ1n) is 7.02. The van der Waals surface area contributed by atoms with Crippen molar-refractivity contribution in [1.82, 2.24) is 10.2 Å². The standard InChI is InChI=1S/C16H27FN2/c1-12(2)8-15(19(4)5)11-18-10-14-6-7-16(17)13(3)9-14/h6-7,9,12,15,18H,8,10-11H2,1-5H3. The molecular formula is C16H27FN2. The predicted octanol–water partition coefficient (Wildman–Crippen LogP) is 3.20. The number of halogens is 1. The molecule has 1 N–H and O–H groups in total. The first-order valence-corrected chi connectivity index (χ1v) is 7.02. The Morgan fingerprint density at radius 1 is 1.26 bits per heavy atom. The predicted molar refractivity (Wildman–Crippen MR) is 79.8 cm³/mol. The first kappa shape index (κ1) is 16.1. The second-order valence-electron chi connectivity index (χ2n) is 5.96. The van der Waals surface area contributed by atoms with Crippen molar-refractivity contribution < 1.29 is 4.39 Å². The summed E-state index contributed by atoms with van der Waals surface area (Å²) in [5, 5.41) is 3.47. The van der Waals surface area contributed by atoms with Crippen LogP contribution in [0.5, 0.6) is 0 Å². The van der Waals surface area contributed by atoms with Gasteiger partial charge in [0.2, 0.25) is 0 Å². The largest absolute Gasteiger partial charge is 0.311 e. The molecule has 1 aromatic rings. The van der Waals surface area contributed by atoms with Gasteiger partial charge >= 0.3 is 0 Å². The summed E-state index contributed by atoms with van der Waals surface area (Å²) in [4.78, 5) is 2.27. The van der Waals surface area contributed by atoms with Crippen LogP contribution in [0.25, 0.3) is 0 Å². The number of hydrogen-bond acceptors (Lipinski definition) is 2. The van der Waals surface area contributed by atoms with Crippen LogP contribution in [-0.4, -0.2) is 31.6 Å². The summed E-state index contributed by atoms with van der Waals surface area (Å²) in [6.45, 7) is 8.06. The average molecular weight is 266 g/mol. The normalized spacial score (nSPS) is 13.3. The minimum Gasteiger partial charge on any atom is -0.311 e. The molecule has 0 aliphatic heterocycles. The lowest BCUT2D eigenvalue weighted by molar-refractivity contribution is 0.246. The van der Waals surface area contributed by atoms with Crippen LogP contribution in [0.1, 0.15) is 31.4 Å². The van der Waals surface area contributed by atoms with Crippen LogP contribution in [0.2, 0.25) is 0 Å². The molecule has 0 saturated carbocycles. The van der Waals surface area contributed by atoms with Gasteiger partial charge in [0.15, 0.2) is 0 Å². The Labute approximate surface area is 117 Å². The van der Waals surface area contributed by atoms with Crippen molar-refractivity contribution in [1.29, 1.82) is 0 Å². The van der Waals surface area contributed by atoms with Crippen LogP contribution in [0.3, 0.4) is 0 Å². The van der Waals surface area contributed by atoms with Gasteiger partial charge in [0.25, 0.3) is 0 Å². The molecule has 0 spiro atoms. The summed E-state index contributed by atoms with van der Waals surface area (Å²) in [7, 11) is 4.24. The van der Waals surface area contributed by atoms with Gasteiger partial charge in [-0.05, 0) is 50.6 Å². The minimum atomic E-state index is -0.130. The van der Waals surface area contributed by atoms with Gasteiger partial charge in [0, 0.05) is 19.1 Å². The van der Waals surface area contributed by atoms with E-state index >= 15 is 0 Å². The summed E-state index contributed by atoms with van der Waals surface area (Å²) in [5.41, 5.74) is 1.85. The molecule has 0 bridgehead atoms. The van der Waals surface area contributed by atoms with Crippen LogP contribution in [0.4, 0.5) is 4.39 Å². The lowest BCUT2D eigenvalue weighted by Gasteiger charge is -2.26. The second kappa shape index (κ2) is 7.61. The van der Waals surface area contributed by atoms with E-state index in [-0.39, 0.29) is 5.82 Å². The van der Waals surface area contributed by atoms with E-state index in [2.05, 4.69) is 38.2 Å². The lowest BCUT2D eigenvalue weighted by atomic mass is 10.0. The van der Waals surface area contributed by atoms with Crippen LogP contribution >= 0.6 is 0 Å². The number of likely N-dealkylation sites (N-methyl/N-ethyl adjacent to an activating group) is 1. The van der Waals surface area contributed by atoms with E-state index in [9.17, 15) is 4.39 Å². The quantitative estimate of drug-likeness (QED) is 0.815. The highest BCUT2D eigenvalue weighted by atomic mass is 19.1. The maximum atomic E-state index is 13.2. The van der Waals surface area contributed by atoms with Gasteiger partial charge in [0.05, 0.1) is 0 Å². The first-order chi connectivity index (χ1) is 8.90. The summed E-state index contributed by atoms with van der Waals surface area (Å²) < 4.78 is 13.2. The van der Waals surface area contributed by atoms with Crippen molar-refractivity contribution in [3.05, 3.63) is 35.1 Å². The van der Waals surface area contributed by atoms with Crippen molar-refractivity contribution >= 4 is 0 Å². The van der Waals surface area contributed by atoms with Gasteiger partial charge in [0.1, 0.15) is 5.82 Å². The molecule has 0 saturated heterocycles.